The van der Waals surface area contributed by atoms with E-state index in [1.54, 1.807) is 24.8 Å². The second-order valence-electron chi connectivity index (χ2n) is 6.23. The zero-order valence-electron chi connectivity index (χ0n) is 15.3. The molecule has 0 spiro atoms. The third-order valence-electron chi connectivity index (χ3n) is 4.30. The molecule has 0 aliphatic carbocycles. The summed E-state index contributed by atoms with van der Waals surface area (Å²) in [7, 11) is 0. The van der Waals surface area contributed by atoms with Crippen LogP contribution in [-0.2, 0) is 6.61 Å². The fourth-order valence-electron chi connectivity index (χ4n) is 2.72. The molecule has 0 aliphatic rings. The van der Waals surface area contributed by atoms with Gasteiger partial charge in [-0.3, -0.25) is 4.98 Å². The van der Waals surface area contributed by atoms with E-state index < -0.39 is 0 Å². The summed E-state index contributed by atoms with van der Waals surface area (Å²) in [6.07, 6.45) is 10.5. The van der Waals surface area contributed by atoms with Gasteiger partial charge in [-0.25, -0.2) is 9.97 Å². The second-order valence-corrected chi connectivity index (χ2v) is 6.23. The summed E-state index contributed by atoms with van der Waals surface area (Å²) in [4.78, 5) is 13.0. The van der Waals surface area contributed by atoms with Crippen LogP contribution in [0.4, 0.5) is 5.82 Å². The lowest BCUT2D eigenvalue weighted by Gasteiger charge is -2.16. The summed E-state index contributed by atoms with van der Waals surface area (Å²) in [6.45, 7) is 9.75. The molecule has 2 aromatic heterocycles. The quantitative estimate of drug-likeness (QED) is 0.617. The summed E-state index contributed by atoms with van der Waals surface area (Å²) in [5, 5.41) is 13.7. The van der Waals surface area contributed by atoms with Gasteiger partial charge in [-0.15, -0.1) is 0 Å². The Bertz CT molecular complexity index is 1010. The number of fused-ring (bicyclic) bond motifs is 1. The second kappa shape index (κ2) is 8.38. The minimum absolute atomic E-state index is 0.00217. The average molecular weight is 358 g/mol. The summed E-state index contributed by atoms with van der Waals surface area (Å²) in [5.41, 5.74) is 4.47. The number of aliphatic hydroxyl groups is 1. The molecule has 1 aromatic carbocycles. The SMILES string of the molecule is C=C/C=C\C(=C)C(C)Nc1ncnc2ccc(-c3cncc(CO)c3)cc12. The predicted molar refractivity (Wildman–Crippen MR) is 110 cm³/mol. The van der Waals surface area contributed by atoms with Gasteiger partial charge in [0.1, 0.15) is 12.1 Å². The molecule has 0 fully saturated rings. The van der Waals surface area contributed by atoms with Gasteiger partial charge < -0.3 is 10.4 Å². The van der Waals surface area contributed by atoms with Gasteiger partial charge in [0.05, 0.1) is 12.1 Å². The van der Waals surface area contributed by atoms with Gasteiger partial charge in [0.15, 0.2) is 0 Å². The van der Waals surface area contributed by atoms with Gasteiger partial charge in [-0.05, 0) is 41.8 Å². The average Bonchev–Trinajstić information content (AvgIpc) is 2.71. The van der Waals surface area contributed by atoms with E-state index >= 15 is 0 Å². The number of allylic oxidation sites excluding steroid dienone is 2. The molecule has 5 heteroatoms. The number of hydrogen-bond acceptors (Lipinski definition) is 5. The highest BCUT2D eigenvalue weighted by molar-refractivity contribution is 5.92. The van der Waals surface area contributed by atoms with E-state index in [1.807, 2.05) is 43.3 Å². The zero-order valence-corrected chi connectivity index (χ0v) is 15.3. The number of aliphatic hydroxyl groups excluding tert-OH is 1. The molecule has 1 unspecified atom stereocenters. The molecular weight excluding hydrogens is 336 g/mol. The van der Waals surface area contributed by atoms with Crippen LogP contribution in [0.1, 0.15) is 12.5 Å². The standard InChI is InChI=1S/C22H22N4O/c1-4-5-6-15(2)16(3)26-22-20-10-18(7-8-21(20)24-14-25-22)19-9-17(13-27)11-23-12-19/h4-12,14,16,27H,1-2,13H2,3H3,(H,24,25,26)/b6-5-. The van der Waals surface area contributed by atoms with Crippen LogP contribution in [0.5, 0.6) is 0 Å². The molecule has 0 amide bonds. The number of aromatic nitrogens is 3. The number of rotatable bonds is 7. The third kappa shape index (κ3) is 4.27. The first-order valence-corrected chi connectivity index (χ1v) is 8.66. The van der Waals surface area contributed by atoms with Crippen molar-refractivity contribution in [2.24, 2.45) is 0 Å². The fourth-order valence-corrected chi connectivity index (χ4v) is 2.72. The van der Waals surface area contributed by atoms with Gasteiger partial charge in [-0.2, -0.15) is 0 Å². The van der Waals surface area contributed by atoms with Gasteiger partial charge in [0.25, 0.3) is 0 Å². The smallest absolute Gasteiger partial charge is 0.137 e. The van der Waals surface area contributed by atoms with Crippen LogP contribution in [0.2, 0.25) is 0 Å². The third-order valence-corrected chi connectivity index (χ3v) is 4.30. The Hall–Kier alpha value is -3.31. The predicted octanol–water partition coefficient (Wildman–Crippen LogP) is 4.28. The number of benzene rings is 1. The first-order chi connectivity index (χ1) is 13.1. The Morgan fingerprint density at radius 1 is 1.22 bits per heavy atom. The monoisotopic (exact) mass is 358 g/mol. The molecule has 2 N–H and O–H groups in total. The molecule has 2 heterocycles. The van der Waals surface area contributed by atoms with Crippen molar-refractivity contribution < 1.29 is 5.11 Å². The lowest BCUT2D eigenvalue weighted by molar-refractivity contribution is 0.281. The van der Waals surface area contributed by atoms with Crippen molar-refractivity contribution in [3.63, 3.8) is 0 Å². The first-order valence-electron chi connectivity index (χ1n) is 8.66. The lowest BCUT2D eigenvalue weighted by Crippen LogP contribution is -2.17. The van der Waals surface area contributed by atoms with E-state index in [0.717, 1.165) is 39.0 Å². The Balaban J connectivity index is 1.98. The summed E-state index contributed by atoms with van der Waals surface area (Å²) < 4.78 is 0. The van der Waals surface area contributed by atoms with Crippen LogP contribution >= 0.6 is 0 Å². The van der Waals surface area contributed by atoms with E-state index in [2.05, 4.69) is 33.4 Å². The number of hydrogen-bond donors (Lipinski definition) is 2. The Morgan fingerprint density at radius 3 is 2.85 bits per heavy atom. The van der Waals surface area contributed by atoms with Crippen molar-refractivity contribution in [2.75, 3.05) is 5.32 Å². The molecule has 0 bridgehead atoms. The lowest BCUT2D eigenvalue weighted by atomic mass is 10.0. The Kier molecular flexibility index (Phi) is 5.74. The highest BCUT2D eigenvalue weighted by Gasteiger charge is 2.10. The van der Waals surface area contributed by atoms with Gasteiger partial charge in [0.2, 0.25) is 0 Å². The molecule has 3 aromatic rings. The van der Waals surface area contributed by atoms with Crippen LogP contribution < -0.4 is 5.32 Å². The molecule has 0 radical (unpaired) electrons. The van der Waals surface area contributed by atoms with Crippen LogP contribution in [0.15, 0.2) is 79.9 Å². The Labute approximate surface area is 158 Å². The van der Waals surface area contributed by atoms with Crippen molar-refractivity contribution in [3.8, 4) is 11.1 Å². The molecule has 3 rings (SSSR count). The van der Waals surface area contributed by atoms with E-state index in [4.69, 9.17) is 0 Å². The van der Waals surface area contributed by atoms with Gasteiger partial charge in [0, 0.05) is 29.4 Å². The maximum absolute atomic E-state index is 9.35. The largest absolute Gasteiger partial charge is 0.392 e. The molecule has 0 aliphatic heterocycles. The van der Waals surface area contributed by atoms with Crippen LogP contribution in [0.3, 0.4) is 0 Å². The summed E-state index contributed by atoms with van der Waals surface area (Å²) in [6, 6.07) is 7.91. The highest BCUT2D eigenvalue weighted by atomic mass is 16.3. The van der Waals surface area contributed by atoms with E-state index in [9.17, 15) is 5.11 Å². The number of nitrogens with one attached hydrogen (secondary N) is 1. The fraction of sp³-hybridized carbons (Fsp3) is 0.136. The molecule has 27 heavy (non-hydrogen) atoms. The number of pyridine rings is 1. The molecule has 5 nitrogen and oxygen atoms in total. The van der Waals surface area contributed by atoms with Gasteiger partial charge >= 0.3 is 0 Å². The molecule has 1 atom stereocenters. The van der Waals surface area contributed by atoms with Crippen LogP contribution in [-0.4, -0.2) is 26.1 Å². The van der Waals surface area contributed by atoms with Crippen molar-refractivity contribution in [3.05, 3.63) is 85.5 Å². The topological polar surface area (TPSA) is 70.9 Å². The molecule has 0 saturated heterocycles. The maximum Gasteiger partial charge on any atom is 0.137 e. The minimum Gasteiger partial charge on any atom is -0.392 e. The maximum atomic E-state index is 9.35. The number of nitrogens with zero attached hydrogens (tertiary/aromatic N) is 3. The van der Waals surface area contributed by atoms with E-state index in [-0.39, 0.29) is 12.6 Å². The van der Waals surface area contributed by atoms with Crippen molar-refractivity contribution in [1.29, 1.82) is 0 Å². The highest BCUT2D eigenvalue weighted by Crippen LogP contribution is 2.27. The van der Waals surface area contributed by atoms with Crippen molar-refractivity contribution in [2.45, 2.75) is 19.6 Å². The Morgan fingerprint density at radius 2 is 2.07 bits per heavy atom. The van der Waals surface area contributed by atoms with Crippen molar-refractivity contribution in [1.82, 2.24) is 15.0 Å². The van der Waals surface area contributed by atoms with E-state index in [0.29, 0.717) is 0 Å². The first kappa shape index (κ1) is 18.5. The summed E-state index contributed by atoms with van der Waals surface area (Å²) in [5.74, 6) is 0.744. The number of anilines is 1. The molecular formula is C22H22N4O. The zero-order chi connectivity index (χ0) is 19.2. The summed E-state index contributed by atoms with van der Waals surface area (Å²) >= 11 is 0. The van der Waals surface area contributed by atoms with Crippen LogP contribution in [0, 0.1) is 0 Å². The van der Waals surface area contributed by atoms with Crippen molar-refractivity contribution >= 4 is 16.7 Å². The normalized spacial score (nSPS) is 12.2. The molecule has 136 valence electrons. The van der Waals surface area contributed by atoms with E-state index in [1.165, 1.54) is 0 Å². The van der Waals surface area contributed by atoms with Crippen LogP contribution in [0.25, 0.3) is 22.0 Å². The molecule has 0 saturated carbocycles. The van der Waals surface area contributed by atoms with Gasteiger partial charge in [-0.1, -0.05) is 37.5 Å². The minimum atomic E-state index is -0.0395.